The Morgan fingerprint density at radius 2 is 1.91 bits per heavy atom. The van der Waals surface area contributed by atoms with Gasteiger partial charge < -0.3 is 14.8 Å². The minimum Gasteiger partial charge on any atom is -0.494 e. The molecule has 122 valence electrons. The van der Waals surface area contributed by atoms with Gasteiger partial charge in [-0.15, -0.1) is 0 Å². The zero-order chi connectivity index (χ0) is 16.5. The van der Waals surface area contributed by atoms with Crippen LogP contribution in [0.4, 0.5) is 0 Å². The third-order valence-electron chi connectivity index (χ3n) is 3.38. The molecule has 0 saturated heterocycles. The minimum atomic E-state index is -0.0977. The van der Waals surface area contributed by atoms with Gasteiger partial charge in [-0.3, -0.25) is 4.79 Å². The van der Waals surface area contributed by atoms with Crippen molar-refractivity contribution in [1.29, 1.82) is 0 Å². The van der Waals surface area contributed by atoms with E-state index in [4.69, 9.17) is 9.47 Å². The summed E-state index contributed by atoms with van der Waals surface area (Å²) in [5.74, 6) is 0.717. The fourth-order valence-electron chi connectivity index (χ4n) is 2.21. The van der Waals surface area contributed by atoms with Gasteiger partial charge in [-0.2, -0.15) is 0 Å². The van der Waals surface area contributed by atoms with E-state index in [-0.39, 0.29) is 5.91 Å². The molecule has 0 radical (unpaired) electrons. The first-order valence-corrected chi connectivity index (χ1v) is 7.84. The van der Waals surface area contributed by atoms with Gasteiger partial charge in [0.15, 0.2) is 0 Å². The molecule has 23 heavy (non-hydrogen) atoms. The molecule has 4 heteroatoms. The Hall–Kier alpha value is -2.33. The van der Waals surface area contributed by atoms with Crippen LogP contribution in [0, 0.1) is 6.92 Å². The number of hydrogen-bond acceptors (Lipinski definition) is 3. The third-order valence-corrected chi connectivity index (χ3v) is 3.38. The fourth-order valence-corrected chi connectivity index (χ4v) is 2.21. The highest BCUT2D eigenvalue weighted by Crippen LogP contribution is 2.18. The zero-order valence-corrected chi connectivity index (χ0v) is 13.7. The van der Waals surface area contributed by atoms with Crippen LogP contribution in [0.15, 0.2) is 48.5 Å². The summed E-state index contributed by atoms with van der Waals surface area (Å²) in [5.41, 5.74) is 2.72. The van der Waals surface area contributed by atoms with Crippen molar-refractivity contribution in [2.45, 2.75) is 20.5 Å². The second-order valence-electron chi connectivity index (χ2n) is 5.21. The standard InChI is InChI=1S/C19H23NO3/c1-3-23-18-10-9-17(13-15(18)2)19(21)20-11-12-22-14-16-7-5-4-6-8-16/h4-10,13H,3,11-12,14H2,1-2H3,(H,20,21). The van der Waals surface area contributed by atoms with Gasteiger partial charge in [0.2, 0.25) is 0 Å². The molecule has 0 unspecified atom stereocenters. The van der Waals surface area contributed by atoms with Gasteiger partial charge in [0, 0.05) is 12.1 Å². The molecule has 4 nitrogen and oxygen atoms in total. The number of hydrogen-bond donors (Lipinski definition) is 1. The zero-order valence-electron chi connectivity index (χ0n) is 13.7. The highest BCUT2D eigenvalue weighted by molar-refractivity contribution is 5.94. The van der Waals surface area contributed by atoms with Crippen LogP contribution in [-0.4, -0.2) is 25.7 Å². The molecule has 0 bridgehead atoms. The van der Waals surface area contributed by atoms with E-state index in [9.17, 15) is 4.79 Å². The van der Waals surface area contributed by atoms with E-state index < -0.39 is 0 Å². The molecule has 0 spiro atoms. The Morgan fingerprint density at radius 1 is 1.13 bits per heavy atom. The fraction of sp³-hybridized carbons (Fsp3) is 0.316. The van der Waals surface area contributed by atoms with Gasteiger partial charge in [0.25, 0.3) is 5.91 Å². The molecule has 2 aromatic carbocycles. The third kappa shape index (κ3) is 5.42. The molecule has 0 aliphatic rings. The summed E-state index contributed by atoms with van der Waals surface area (Å²) in [6.07, 6.45) is 0. The molecule has 0 aromatic heterocycles. The van der Waals surface area contributed by atoms with Crippen LogP contribution in [0.5, 0.6) is 5.75 Å². The second-order valence-corrected chi connectivity index (χ2v) is 5.21. The van der Waals surface area contributed by atoms with Crippen molar-refractivity contribution >= 4 is 5.91 Å². The number of aryl methyl sites for hydroxylation is 1. The molecule has 0 aliphatic heterocycles. The van der Waals surface area contributed by atoms with E-state index in [1.807, 2.05) is 56.3 Å². The lowest BCUT2D eigenvalue weighted by Crippen LogP contribution is -2.27. The van der Waals surface area contributed by atoms with Gasteiger partial charge in [-0.1, -0.05) is 30.3 Å². The SMILES string of the molecule is CCOc1ccc(C(=O)NCCOCc2ccccc2)cc1C. The molecule has 0 fully saturated rings. The molecule has 0 atom stereocenters. The second kappa shape index (κ2) is 8.96. The largest absolute Gasteiger partial charge is 0.494 e. The lowest BCUT2D eigenvalue weighted by Gasteiger charge is -2.10. The summed E-state index contributed by atoms with van der Waals surface area (Å²) < 4.78 is 11.0. The molecular weight excluding hydrogens is 290 g/mol. The molecule has 2 rings (SSSR count). The van der Waals surface area contributed by atoms with Crippen LogP contribution in [0.2, 0.25) is 0 Å². The number of amides is 1. The first-order chi connectivity index (χ1) is 11.2. The summed E-state index contributed by atoms with van der Waals surface area (Å²) in [6.45, 7) is 6.01. The summed E-state index contributed by atoms with van der Waals surface area (Å²) in [5, 5.41) is 2.86. The van der Waals surface area contributed by atoms with Crippen molar-refractivity contribution in [3.8, 4) is 5.75 Å². The highest BCUT2D eigenvalue weighted by Gasteiger charge is 2.07. The number of carbonyl (C=O) groups is 1. The number of rotatable bonds is 8. The minimum absolute atomic E-state index is 0.0977. The normalized spacial score (nSPS) is 10.3. The van der Waals surface area contributed by atoms with Crippen LogP contribution in [0.3, 0.4) is 0 Å². The van der Waals surface area contributed by atoms with Crippen molar-refractivity contribution in [3.63, 3.8) is 0 Å². The van der Waals surface area contributed by atoms with Crippen LogP contribution in [0.25, 0.3) is 0 Å². The summed E-state index contributed by atoms with van der Waals surface area (Å²) >= 11 is 0. The van der Waals surface area contributed by atoms with Gasteiger partial charge in [0.05, 0.1) is 19.8 Å². The molecule has 2 aromatic rings. The topological polar surface area (TPSA) is 47.6 Å². The first-order valence-electron chi connectivity index (χ1n) is 7.84. The van der Waals surface area contributed by atoms with E-state index in [1.165, 1.54) is 0 Å². The Bertz CT molecular complexity index is 626. The van der Waals surface area contributed by atoms with E-state index >= 15 is 0 Å². The van der Waals surface area contributed by atoms with E-state index in [2.05, 4.69) is 5.32 Å². The predicted octanol–water partition coefficient (Wildman–Crippen LogP) is 3.34. The van der Waals surface area contributed by atoms with Crippen molar-refractivity contribution in [2.24, 2.45) is 0 Å². The average Bonchev–Trinajstić information content (AvgIpc) is 2.57. The molecule has 0 saturated carbocycles. The predicted molar refractivity (Wildman–Crippen MR) is 90.8 cm³/mol. The van der Waals surface area contributed by atoms with Crippen molar-refractivity contribution in [2.75, 3.05) is 19.8 Å². The van der Waals surface area contributed by atoms with Crippen LogP contribution < -0.4 is 10.1 Å². The number of nitrogens with one attached hydrogen (secondary N) is 1. The summed E-state index contributed by atoms with van der Waals surface area (Å²) in [4.78, 5) is 12.1. The Labute approximate surface area is 137 Å². The van der Waals surface area contributed by atoms with Gasteiger partial charge in [-0.05, 0) is 43.2 Å². The molecule has 1 amide bonds. The summed E-state index contributed by atoms with van der Waals surface area (Å²) in [6, 6.07) is 15.4. The van der Waals surface area contributed by atoms with Crippen molar-refractivity contribution in [3.05, 3.63) is 65.2 Å². The monoisotopic (exact) mass is 313 g/mol. The van der Waals surface area contributed by atoms with Gasteiger partial charge >= 0.3 is 0 Å². The van der Waals surface area contributed by atoms with Crippen LogP contribution in [0.1, 0.15) is 28.4 Å². The van der Waals surface area contributed by atoms with Crippen molar-refractivity contribution in [1.82, 2.24) is 5.32 Å². The molecule has 0 aliphatic carbocycles. The first kappa shape index (κ1) is 17.0. The molecule has 0 heterocycles. The highest BCUT2D eigenvalue weighted by atomic mass is 16.5. The van der Waals surface area contributed by atoms with E-state index in [0.29, 0.717) is 31.9 Å². The maximum absolute atomic E-state index is 12.1. The smallest absolute Gasteiger partial charge is 0.251 e. The van der Waals surface area contributed by atoms with Crippen LogP contribution >= 0.6 is 0 Å². The Kier molecular flexibility index (Phi) is 6.63. The van der Waals surface area contributed by atoms with E-state index in [0.717, 1.165) is 16.9 Å². The lowest BCUT2D eigenvalue weighted by molar-refractivity contribution is 0.0901. The maximum atomic E-state index is 12.1. The molecule has 1 N–H and O–H groups in total. The van der Waals surface area contributed by atoms with Gasteiger partial charge in [-0.25, -0.2) is 0 Å². The quantitative estimate of drug-likeness (QED) is 0.760. The number of benzene rings is 2. The van der Waals surface area contributed by atoms with E-state index in [1.54, 1.807) is 6.07 Å². The number of ether oxygens (including phenoxy) is 2. The Morgan fingerprint density at radius 3 is 2.61 bits per heavy atom. The molecular formula is C19H23NO3. The average molecular weight is 313 g/mol. The summed E-state index contributed by atoms with van der Waals surface area (Å²) in [7, 11) is 0. The lowest BCUT2D eigenvalue weighted by atomic mass is 10.1. The Balaban J connectivity index is 1.73. The van der Waals surface area contributed by atoms with Gasteiger partial charge in [0.1, 0.15) is 5.75 Å². The van der Waals surface area contributed by atoms with Crippen LogP contribution in [-0.2, 0) is 11.3 Å². The van der Waals surface area contributed by atoms with Crippen molar-refractivity contribution < 1.29 is 14.3 Å². The maximum Gasteiger partial charge on any atom is 0.251 e. The number of carbonyl (C=O) groups excluding carboxylic acids is 1.